The fraction of sp³-hybridized carbons (Fsp3) is 0.750. The van der Waals surface area contributed by atoms with E-state index in [0.717, 1.165) is 44.4 Å². The van der Waals surface area contributed by atoms with Crippen molar-refractivity contribution >= 4 is 16.5 Å². The average Bonchev–Trinajstić information content (AvgIpc) is 2.90. The Balaban J connectivity index is 1.78. The number of rotatable bonds is 5. The molecule has 0 radical (unpaired) electrons. The molecule has 1 aliphatic rings. The van der Waals surface area contributed by atoms with E-state index in [1.165, 1.54) is 6.42 Å². The smallest absolute Gasteiger partial charge is 0.185 e. The molecule has 1 unspecified atom stereocenters. The summed E-state index contributed by atoms with van der Waals surface area (Å²) in [7, 11) is 0. The van der Waals surface area contributed by atoms with Crippen molar-refractivity contribution in [3.8, 4) is 0 Å². The lowest BCUT2D eigenvalue weighted by atomic mass is 10.1. The van der Waals surface area contributed by atoms with E-state index < -0.39 is 0 Å². The molecule has 1 saturated heterocycles. The first-order chi connectivity index (χ1) is 8.33. The highest BCUT2D eigenvalue weighted by molar-refractivity contribution is 7.13. The van der Waals surface area contributed by atoms with Gasteiger partial charge in [0.25, 0.3) is 0 Å². The minimum Gasteiger partial charge on any atom is -0.346 e. The number of thiazole rings is 1. The third-order valence-electron chi connectivity index (χ3n) is 3.49. The highest BCUT2D eigenvalue weighted by atomic mass is 32.1. The Hall–Kier alpha value is -0.650. The Morgan fingerprint density at radius 2 is 2.18 bits per heavy atom. The van der Waals surface area contributed by atoms with Gasteiger partial charge in [-0.3, -0.25) is 4.90 Å². The number of aromatic nitrogens is 1. The predicted molar refractivity (Wildman–Crippen MR) is 73.6 cm³/mol. The van der Waals surface area contributed by atoms with Gasteiger partial charge >= 0.3 is 0 Å². The first kappa shape index (κ1) is 12.8. The molecule has 2 N–H and O–H groups in total. The second-order valence-corrected chi connectivity index (χ2v) is 5.49. The van der Waals surface area contributed by atoms with E-state index in [1.54, 1.807) is 11.3 Å². The normalized spacial score (nSPS) is 19.5. The molecule has 1 aromatic heterocycles. The summed E-state index contributed by atoms with van der Waals surface area (Å²) in [5.41, 5.74) is 5.76. The van der Waals surface area contributed by atoms with Crippen molar-refractivity contribution < 1.29 is 0 Å². The standard InChI is InChI=1S/C12H22N4S/c1-2-11(9-13)10-15-4-6-16(7-5-15)12-14-3-8-17-12/h3,8,11H,2,4-7,9-10,13H2,1H3. The first-order valence-corrected chi connectivity index (χ1v) is 7.28. The number of hydrogen-bond acceptors (Lipinski definition) is 5. The summed E-state index contributed by atoms with van der Waals surface area (Å²) in [6, 6.07) is 0. The molecular weight excluding hydrogens is 232 g/mol. The van der Waals surface area contributed by atoms with Crippen LogP contribution in [0.2, 0.25) is 0 Å². The van der Waals surface area contributed by atoms with Gasteiger partial charge in [-0.05, 0) is 12.5 Å². The molecule has 2 heterocycles. The second-order valence-electron chi connectivity index (χ2n) is 4.61. The van der Waals surface area contributed by atoms with E-state index in [-0.39, 0.29) is 0 Å². The lowest BCUT2D eigenvalue weighted by molar-refractivity contribution is 0.218. The molecular formula is C12H22N4S. The van der Waals surface area contributed by atoms with Crippen LogP contribution in [-0.2, 0) is 0 Å². The van der Waals surface area contributed by atoms with Gasteiger partial charge in [0.1, 0.15) is 0 Å². The third kappa shape index (κ3) is 3.40. The predicted octanol–water partition coefficient (Wildman–Crippen LogP) is 1.25. The summed E-state index contributed by atoms with van der Waals surface area (Å²) in [5, 5.41) is 3.21. The molecule has 1 fully saturated rings. The molecule has 1 aromatic rings. The van der Waals surface area contributed by atoms with Crippen molar-refractivity contribution in [3.63, 3.8) is 0 Å². The van der Waals surface area contributed by atoms with Gasteiger partial charge in [-0.1, -0.05) is 13.3 Å². The van der Waals surface area contributed by atoms with Gasteiger partial charge in [0.05, 0.1) is 0 Å². The topological polar surface area (TPSA) is 45.4 Å². The fourth-order valence-corrected chi connectivity index (χ4v) is 2.93. The highest BCUT2D eigenvalue weighted by Gasteiger charge is 2.20. The van der Waals surface area contributed by atoms with E-state index in [9.17, 15) is 0 Å². The van der Waals surface area contributed by atoms with Crippen LogP contribution in [0.5, 0.6) is 0 Å². The van der Waals surface area contributed by atoms with Gasteiger partial charge in [-0.2, -0.15) is 0 Å². The van der Waals surface area contributed by atoms with Crippen molar-refractivity contribution in [3.05, 3.63) is 11.6 Å². The first-order valence-electron chi connectivity index (χ1n) is 6.40. The fourth-order valence-electron chi connectivity index (χ4n) is 2.23. The zero-order chi connectivity index (χ0) is 12.1. The van der Waals surface area contributed by atoms with Crippen molar-refractivity contribution in [1.29, 1.82) is 0 Å². The quantitative estimate of drug-likeness (QED) is 0.859. The van der Waals surface area contributed by atoms with Crippen LogP contribution in [0.3, 0.4) is 0 Å². The Labute approximate surface area is 107 Å². The molecule has 4 nitrogen and oxygen atoms in total. The monoisotopic (exact) mass is 254 g/mol. The minimum absolute atomic E-state index is 0.654. The molecule has 17 heavy (non-hydrogen) atoms. The maximum atomic E-state index is 5.76. The van der Waals surface area contributed by atoms with Crippen molar-refractivity contribution in [2.45, 2.75) is 13.3 Å². The van der Waals surface area contributed by atoms with E-state index >= 15 is 0 Å². The van der Waals surface area contributed by atoms with Crippen molar-refractivity contribution in [2.75, 3.05) is 44.2 Å². The molecule has 1 atom stereocenters. The summed E-state index contributed by atoms with van der Waals surface area (Å²) in [6.07, 6.45) is 3.07. The molecule has 1 aliphatic heterocycles. The van der Waals surface area contributed by atoms with Gasteiger partial charge in [0.15, 0.2) is 5.13 Å². The maximum Gasteiger partial charge on any atom is 0.185 e. The zero-order valence-electron chi connectivity index (χ0n) is 10.5. The van der Waals surface area contributed by atoms with E-state index in [4.69, 9.17) is 5.73 Å². The summed E-state index contributed by atoms with van der Waals surface area (Å²) in [5.74, 6) is 0.654. The van der Waals surface area contributed by atoms with Gasteiger partial charge in [0.2, 0.25) is 0 Å². The molecule has 0 spiro atoms. The maximum absolute atomic E-state index is 5.76. The molecule has 0 amide bonds. The number of nitrogens with two attached hydrogens (primary N) is 1. The third-order valence-corrected chi connectivity index (χ3v) is 4.32. The van der Waals surface area contributed by atoms with Gasteiger partial charge in [-0.15, -0.1) is 11.3 Å². The largest absolute Gasteiger partial charge is 0.346 e. The summed E-state index contributed by atoms with van der Waals surface area (Å²) < 4.78 is 0. The van der Waals surface area contributed by atoms with Crippen LogP contribution in [0.1, 0.15) is 13.3 Å². The second kappa shape index (κ2) is 6.33. The Bertz CT molecular complexity index is 302. The molecule has 0 aliphatic carbocycles. The molecule has 2 rings (SSSR count). The molecule has 0 saturated carbocycles. The Kier molecular flexibility index (Phi) is 4.76. The van der Waals surface area contributed by atoms with Crippen LogP contribution in [0.4, 0.5) is 5.13 Å². The Morgan fingerprint density at radius 1 is 1.41 bits per heavy atom. The van der Waals surface area contributed by atoms with Crippen molar-refractivity contribution in [2.24, 2.45) is 11.7 Å². The number of anilines is 1. The lowest BCUT2D eigenvalue weighted by Gasteiger charge is -2.36. The highest BCUT2D eigenvalue weighted by Crippen LogP contribution is 2.19. The number of hydrogen-bond donors (Lipinski definition) is 1. The summed E-state index contributed by atoms with van der Waals surface area (Å²) in [6.45, 7) is 8.64. The number of piperazine rings is 1. The minimum atomic E-state index is 0.654. The summed E-state index contributed by atoms with van der Waals surface area (Å²) in [4.78, 5) is 9.28. The molecule has 0 bridgehead atoms. The van der Waals surface area contributed by atoms with Crippen LogP contribution in [-0.4, -0.2) is 49.2 Å². The van der Waals surface area contributed by atoms with Gasteiger partial charge in [-0.25, -0.2) is 4.98 Å². The van der Waals surface area contributed by atoms with Crippen LogP contribution in [0, 0.1) is 5.92 Å². The van der Waals surface area contributed by atoms with E-state index in [0.29, 0.717) is 5.92 Å². The van der Waals surface area contributed by atoms with Gasteiger partial charge in [0, 0.05) is 44.3 Å². The molecule has 96 valence electrons. The molecule has 0 aromatic carbocycles. The van der Waals surface area contributed by atoms with E-state index in [2.05, 4.69) is 21.7 Å². The van der Waals surface area contributed by atoms with E-state index in [1.807, 2.05) is 11.6 Å². The van der Waals surface area contributed by atoms with Crippen LogP contribution in [0.15, 0.2) is 11.6 Å². The van der Waals surface area contributed by atoms with Crippen molar-refractivity contribution in [1.82, 2.24) is 9.88 Å². The summed E-state index contributed by atoms with van der Waals surface area (Å²) >= 11 is 1.73. The zero-order valence-corrected chi connectivity index (χ0v) is 11.3. The molecule has 5 heteroatoms. The SMILES string of the molecule is CCC(CN)CN1CCN(c2nccs2)CC1. The number of nitrogens with zero attached hydrogens (tertiary/aromatic N) is 3. The average molecular weight is 254 g/mol. The van der Waals surface area contributed by atoms with Crippen LogP contribution < -0.4 is 10.6 Å². The van der Waals surface area contributed by atoms with Gasteiger partial charge < -0.3 is 10.6 Å². The van der Waals surface area contributed by atoms with Crippen LogP contribution >= 0.6 is 11.3 Å². The lowest BCUT2D eigenvalue weighted by Crippen LogP contribution is -2.48. The van der Waals surface area contributed by atoms with Crippen LogP contribution in [0.25, 0.3) is 0 Å². The Morgan fingerprint density at radius 3 is 2.71 bits per heavy atom.